The number of nitrogens with zero attached hydrogens (tertiary/aromatic N) is 6. The minimum atomic E-state index is -1.35. The molecule has 2 fully saturated rings. The molecule has 12 nitrogen and oxygen atoms in total. The number of carbonyl (C=O) groups is 2. The highest BCUT2D eigenvalue weighted by molar-refractivity contribution is 6.76. The smallest absolute Gasteiger partial charge is 0.410 e. The van der Waals surface area contributed by atoms with E-state index in [-0.39, 0.29) is 37.6 Å². The Morgan fingerprint density at radius 1 is 0.981 bits per heavy atom. The number of carbonyl (C=O) groups excluding carboxylic acids is 2. The third-order valence-corrected chi connectivity index (χ3v) is 13.4. The van der Waals surface area contributed by atoms with Gasteiger partial charge in [0.05, 0.1) is 24.1 Å². The molecule has 2 aliphatic rings. The largest absolute Gasteiger partial charge is 0.494 e. The highest BCUT2D eigenvalue weighted by atomic mass is 28.3. The van der Waals surface area contributed by atoms with Crippen molar-refractivity contribution < 1.29 is 28.5 Å². The van der Waals surface area contributed by atoms with Crippen molar-refractivity contribution in [3.05, 3.63) is 48.1 Å². The van der Waals surface area contributed by atoms with E-state index in [9.17, 15) is 9.59 Å². The number of hydrogen-bond donors (Lipinski definition) is 0. The van der Waals surface area contributed by atoms with Crippen molar-refractivity contribution >= 4 is 45.8 Å². The fourth-order valence-electron chi connectivity index (χ4n) is 7.21. The van der Waals surface area contributed by atoms with Crippen LogP contribution in [0.3, 0.4) is 0 Å². The lowest BCUT2D eigenvalue weighted by Gasteiger charge is -2.40. The number of hydrogen-bond acceptors (Lipinski definition) is 10. The van der Waals surface area contributed by atoms with Gasteiger partial charge in [-0.25, -0.2) is 9.78 Å². The van der Waals surface area contributed by atoms with Gasteiger partial charge < -0.3 is 28.7 Å². The maximum absolute atomic E-state index is 13.5. The molecule has 14 heteroatoms. The fourth-order valence-corrected chi connectivity index (χ4v) is 8.73. The van der Waals surface area contributed by atoms with Crippen molar-refractivity contribution in [1.29, 1.82) is 0 Å². The molecule has 0 aromatic carbocycles. The van der Waals surface area contributed by atoms with Crippen molar-refractivity contribution in [2.45, 2.75) is 128 Å². The molecule has 0 aliphatic carbocycles. The molecule has 0 spiro atoms. The molecule has 2 unspecified atom stereocenters. The first-order valence-electron chi connectivity index (χ1n) is 19.5. The standard InChI is InChI=1S/C40H62N6O6Si2/c1-12-51-28(2)35-36(30-21-32-15-16-33(22-30)45(32)39(48)52-40(3,4)5)43-37-34(29-13-14-31(25-47)41-23-29)24-42-46(37)38(35)44(26-49-17-19-53(6,7)8)27-50-18-20-54(9,10)11/h13-14,23-25,30,32-33H,2,12,15-22,26-27H2,1,3-11H3. The van der Waals surface area contributed by atoms with Crippen LogP contribution >= 0.6 is 0 Å². The number of pyridine rings is 1. The summed E-state index contributed by atoms with van der Waals surface area (Å²) in [7, 11) is -2.69. The van der Waals surface area contributed by atoms with Crippen LogP contribution in [0, 0.1) is 0 Å². The lowest BCUT2D eigenvalue weighted by molar-refractivity contribution is 0.00565. The number of piperidine rings is 1. The van der Waals surface area contributed by atoms with Crippen molar-refractivity contribution in [2.24, 2.45) is 0 Å². The van der Waals surface area contributed by atoms with Crippen LogP contribution in [-0.4, -0.2) is 104 Å². The minimum absolute atomic E-state index is 0.00192. The van der Waals surface area contributed by atoms with Gasteiger partial charge in [0.15, 0.2) is 11.9 Å². The number of rotatable bonds is 17. The number of amides is 1. The Bertz CT molecular complexity index is 1740. The van der Waals surface area contributed by atoms with Crippen LogP contribution in [0.4, 0.5) is 10.6 Å². The van der Waals surface area contributed by atoms with Crippen LogP contribution in [-0.2, 0) is 18.9 Å². The van der Waals surface area contributed by atoms with Gasteiger partial charge in [0.1, 0.15) is 36.3 Å². The predicted octanol–water partition coefficient (Wildman–Crippen LogP) is 8.69. The summed E-state index contributed by atoms with van der Waals surface area (Å²) in [6.07, 6.45) is 7.24. The maximum Gasteiger partial charge on any atom is 0.410 e. The molecule has 5 rings (SSSR count). The second-order valence-corrected chi connectivity index (χ2v) is 29.4. The highest BCUT2D eigenvalue weighted by Gasteiger charge is 2.46. The summed E-state index contributed by atoms with van der Waals surface area (Å²) < 4.78 is 26.9. The zero-order valence-corrected chi connectivity index (χ0v) is 36.2. The van der Waals surface area contributed by atoms with Gasteiger partial charge in [0.25, 0.3) is 0 Å². The van der Waals surface area contributed by atoms with Gasteiger partial charge >= 0.3 is 6.09 Å². The van der Waals surface area contributed by atoms with E-state index < -0.39 is 21.7 Å². The van der Waals surface area contributed by atoms with Crippen LogP contribution in [0.5, 0.6) is 0 Å². The van der Waals surface area contributed by atoms with Gasteiger partial charge in [0.2, 0.25) is 0 Å². The van der Waals surface area contributed by atoms with Crippen molar-refractivity contribution in [3.8, 4) is 11.1 Å². The van der Waals surface area contributed by atoms with Crippen LogP contribution in [0.1, 0.15) is 81.0 Å². The Morgan fingerprint density at radius 2 is 1.59 bits per heavy atom. The number of fused-ring (bicyclic) bond motifs is 3. The van der Waals surface area contributed by atoms with Crippen LogP contribution < -0.4 is 4.90 Å². The van der Waals surface area contributed by atoms with Gasteiger partial charge in [-0.2, -0.15) is 9.61 Å². The first-order chi connectivity index (χ1) is 25.4. The van der Waals surface area contributed by atoms with Gasteiger partial charge in [-0.1, -0.05) is 51.9 Å². The molecule has 2 aliphatic heterocycles. The summed E-state index contributed by atoms with van der Waals surface area (Å²) in [5.74, 6) is 1.24. The van der Waals surface area contributed by atoms with Crippen LogP contribution in [0.25, 0.3) is 22.5 Å². The van der Waals surface area contributed by atoms with E-state index in [4.69, 9.17) is 29.0 Å². The summed E-state index contributed by atoms with van der Waals surface area (Å²) >= 11 is 0. The van der Waals surface area contributed by atoms with E-state index >= 15 is 0 Å². The van der Waals surface area contributed by atoms with Gasteiger partial charge in [-0.05, 0) is 71.5 Å². The van der Waals surface area contributed by atoms with E-state index in [1.165, 1.54) is 0 Å². The van der Waals surface area contributed by atoms with E-state index in [2.05, 4.69) is 55.7 Å². The zero-order chi connectivity index (χ0) is 39.4. The van der Waals surface area contributed by atoms with Crippen molar-refractivity contribution in [3.63, 3.8) is 0 Å². The van der Waals surface area contributed by atoms with Gasteiger partial charge in [-0.15, -0.1) is 0 Å². The molecule has 296 valence electrons. The highest BCUT2D eigenvalue weighted by Crippen LogP contribution is 2.47. The van der Waals surface area contributed by atoms with Gasteiger partial charge in [-0.3, -0.25) is 9.78 Å². The minimum Gasteiger partial charge on any atom is -0.494 e. The number of ether oxygens (including phenoxy) is 4. The Kier molecular flexibility index (Phi) is 13.1. The van der Waals surface area contributed by atoms with E-state index in [0.29, 0.717) is 36.9 Å². The normalized spacial score (nSPS) is 18.9. The Morgan fingerprint density at radius 3 is 2.09 bits per heavy atom. The number of aldehydes is 1. The van der Waals surface area contributed by atoms with Crippen molar-refractivity contribution in [1.82, 2.24) is 24.5 Å². The zero-order valence-electron chi connectivity index (χ0n) is 34.2. The topological polar surface area (TPSA) is 121 Å². The first-order valence-corrected chi connectivity index (χ1v) is 26.9. The first kappa shape index (κ1) is 41.6. The Hall–Kier alpha value is -3.60. The van der Waals surface area contributed by atoms with Gasteiger partial charge in [0, 0.05) is 64.7 Å². The monoisotopic (exact) mass is 778 g/mol. The predicted molar refractivity (Wildman–Crippen MR) is 220 cm³/mol. The van der Waals surface area contributed by atoms with Crippen LogP contribution in [0.15, 0.2) is 31.1 Å². The molecule has 54 heavy (non-hydrogen) atoms. The summed E-state index contributed by atoms with van der Waals surface area (Å²) in [6.45, 7) is 28.5. The third kappa shape index (κ3) is 10.4. The molecule has 2 bridgehead atoms. The average molecular weight is 779 g/mol. The van der Waals surface area contributed by atoms with E-state index in [1.54, 1.807) is 18.5 Å². The fraction of sp³-hybridized carbons (Fsp3) is 0.625. The summed E-state index contributed by atoms with van der Waals surface area (Å²) in [5, 5.41) is 4.95. The number of anilines is 1. The Labute approximate surface area is 323 Å². The summed E-state index contributed by atoms with van der Waals surface area (Å²) in [5.41, 5.74) is 3.61. The molecule has 3 aromatic heterocycles. The molecular weight excluding hydrogens is 717 g/mol. The molecule has 1 amide bonds. The quantitative estimate of drug-likeness (QED) is 0.0433. The average Bonchev–Trinajstić information content (AvgIpc) is 3.62. The Balaban J connectivity index is 1.66. The molecule has 0 radical (unpaired) electrons. The summed E-state index contributed by atoms with van der Waals surface area (Å²) in [6, 6.07) is 5.68. The lowest BCUT2D eigenvalue weighted by Crippen LogP contribution is -2.48. The van der Waals surface area contributed by atoms with E-state index in [1.807, 2.05) is 43.2 Å². The summed E-state index contributed by atoms with van der Waals surface area (Å²) in [4.78, 5) is 38.8. The second kappa shape index (κ2) is 17.0. The molecule has 2 saturated heterocycles. The number of aromatic nitrogens is 4. The molecule has 0 saturated carbocycles. The molecule has 2 atom stereocenters. The molecule has 3 aromatic rings. The third-order valence-electron chi connectivity index (χ3n) is 9.98. The molecule has 0 N–H and O–H groups in total. The SMILES string of the molecule is C=C(OCC)c1c(C2CC3CCC(C2)N3C(=O)OC(C)(C)C)nc2c(-c3ccc(C=O)nc3)cnn2c1N(COCC[Si](C)(C)C)COCC[Si](C)(C)C. The second-order valence-electron chi connectivity index (χ2n) is 18.1. The van der Waals surface area contributed by atoms with Crippen molar-refractivity contribution in [2.75, 3.05) is 38.2 Å². The lowest BCUT2D eigenvalue weighted by atomic mass is 9.85. The maximum atomic E-state index is 13.5. The molecule has 5 heterocycles. The van der Waals surface area contributed by atoms with Crippen LogP contribution in [0.2, 0.25) is 51.4 Å². The molecular formula is C40H62N6O6Si2. The van der Waals surface area contributed by atoms with E-state index in [0.717, 1.165) is 72.3 Å².